The number of rotatable bonds is 3. The maximum absolute atomic E-state index is 5.71. The van der Waals surface area contributed by atoms with Crippen LogP contribution >= 0.6 is 0 Å². The van der Waals surface area contributed by atoms with Crippen molar-refractivity contribution in [1.82, 2.24) is 0 Å². The van der Waals surface area contributed by atoms with Crippen molar-refractivity contribution in [2.45, 2.75) is 38.0 Å². The molecule has 0 aliphatic carbocycles. The monoisotopic (exact) mass is 233 g/mol. The van der Waals surface area contributed by atoms with Gasteiger partial charge >= 0.3 is 0 Å². The van der Waals surface area contributed by atoms with Crippen LogP contribution in [-0.2, 0) is 15.6 Å². The predicted octanol–water partition coefficient (Wildman–Crippen LogP) is 2.60. The van der Waals surface area contributed by atoms with E-state index < -0.39 is 0 Å². The van der Waals surface area contributed by atoms with Crippen LogP contribution in [0.2, 0.25) is 0 Å². The van der Waals surface area contributed by atoms with Gasteiger partial charge in [0.1, 0.15) is 0 Å². The molecule has 2 N–H and O–H groups in total. The van der Waals surface area contributed by atoms with E-state index in [1.165, 1.54) is 11.1 Å². The summed E-state index contributed by atoms with van der Waals surface area (Å²) in [5.74, 6) is 0. The molecule has 0 atom stereocenters. The summed E-state index contributed by atoms with van der Waals surface area (Å²) >= 11 is 0. The van der Waals surface area contributed by atoms with E-state index in [1.54, 1.807) is 0 Å². The fraction of sp³-hybridized carbons (Fsp3) is 0.600. The van der Waals surface area contributed by atoms with Crippen LogP contribution < -0.4 is 5.73 Å². The Morgan fingerprint density at radius 1 is 1.18 bits per heavy atom. The lowest BCUT2D eigenvalue weighted by molar-refractivity contribution is -0.0631. The summed E-state index contributed by atoms with van der Waals surface area (Å²) in [6.45, 7) is 9.08. The predicted molar refractivity (Wildman–Crippen MR) is 71.3 cm³/mol. The van der Waals surface area contributed by atoms with Crippen LogP contribution in [-0.4, -0.2) is 19.8 Å². The van der Waals surface area contributed by atoms with E-state index in [1.807, 2.05) is 0 Å². The molecule has 1 aliphatic rings. The van der Waals surface area contributed by atoms with Crippen molar-refractivity contribution in [2.24, 2.45) is 5.73 Å². The van der Waals surface area contributed by atoms with E-state index in [-0.39, 0.29) is 10.8 Å². The summed E-state index contributed by atoms with van der Waals surface area (Å²) in [6.07, 6.45) is 1.02. The molecular formula is C15H23NO. The summed E-state index contributed by atoms with van der Waals surface area (Å²) < 4.78 is 5.39. The van der Waals surface area contributed by atoms with Crippen molar-refractivity contribution < 1.29 is 4.74 Å². The zero-order valence-corrected chi connectivity index (χ0v) is 11.1. The molecule has 0 saturated carbocycles. The van der Waals surface area contributed by atoms with Crippen LogP contribution in [0.3, 0.4) is 0 Å². The second kappa shape index (κ2) is 4.43. The third-order valence-corrected chi connectivity index (χ3v) is 3.74. The fourth-order valence-corrected chi connectivity index (χ4v) is 2.40. The Morgan fingerprint density at radius 2 is 1.76 bits per heavy atom. The molecule has 2 nitrogen and oxygen atoms in total. The van der Waals surface area contributed by atoms with E-state index >= 15 is 0 Å². The van der Waals surface area contributed by atoms with Gasteiger partial charge in [0, 0.05) is 5.41 Å². The van der Waals surface area contributed by atoms with E-state index in [9.17, 15) is 0 Å². The number of ether oxygens (including phenoxy) is 1. The third-order valence-electron chi connectivity index (χ3n) is 3.74. The minimum atomic E-state index is 0.186. The highest BCUT2D eigenvalue weighted by molar-refractivity contribution is 5.33. The Bertz CT molecular complexity index is 371. The van der Waals surface area contributed by atoms with Crippen molar-refractivity contribution >= 4 is 0 Å². The topological polar surface area (TPSA) is 35.2 Å². The minimum Gasteiger partial charge on any atom is -0.379 e. The molecule has 0 spiro atoms. The fourth-order valence-electron chi connectivity index (χ4n) is 2.40. The largest absolute Gasteiger partial charge is 0.379 e. The summed E-state index contributed by atoms with van der Waals surface area (Å²) in [5, 5.41) is 0. The number of benzene rings is 1. The molecule has 2 heteroatoms. The lowest BCUT2D eigenvalue weighted by Gasteiger charge is -2.42. The SMILES string of the molecule is CC(C)(C)c1ccc(C2(CCN)COC2)cc1. The Kier molecular flexibility index (Phi) is 3.28. The number of nitrogens with two attached hydrogens (primary N) is 1. The first-order chi connectivity index (χ1) is 7.98. The van der Waals surface area contributed by atoms with Gasteiger partial charge in [0.25, 0.3) is 0 Å². The maximum Gasteiger partial charge on any atom is 0.0586 e. The normalized spacial score (nSPS) is 18.8. The van der Waals surface area contributed by atoms with Gasteiger partial charge in [0.15, 0.2) is 0 Å². The zero-order chi connectivity index (χ0) is 12.5. The van der Waals surface area contributed by atoms with Gasteiger partial charge in [-0.1, -0.05) is 45.0 Å². The van der Waals surface area contributed by atoms with Gasteiger partial charge in [0.05, 0.1) is 13.2 Å². The Morgan fingerprint density at radius 3 is 2.12 bits per heavy atom. The van der Waals surface area contributed by atoms with Gasteiger partial charge in [-0.25, -0.2) is 0 Å². The van der Waals surface area contributed by atoms with Gasteiger partial charge < -0.3 is 10.5 Å². The van der Waals surface area contributed by atoms with Crippen LogP contribution in [0.15, 0.2) is 24.3 Å². The van der Waals surface area contributed by atoms with E-state index in [2.05, 4.69) is 45.0 Å². The smallest absolute Gasteiger partial charge is 0.0586 e. The average Bonchev–Trinajstić information content (AvgIpc) is 2.22. The van der Waals surface area contributed by atoms with Crippen molar-refractivity contribution in [1.29, 1.82) is 0 Å². The molecule has 94 valence electrons. The highest BCUT2D eigenvalue weighted by atomic mass is 16.5. The van der Waals surface area contributed by atoms with Crippen molar-refractivity contribution in [3.63, 3.8) is 0 Å². The molecule has 1 aromatic rings. The van der Waals surface area contributed by atoms with E-state index in [0.29, 0.717) is 0 Å². The molecule has 0 radical (unpaired) electrons. The summed E-state index contributed by atoms with van der Waals surface area (Å²) in [7, 11) is 0. The highest BCUT2D eigenvalue weighted by Crippen LogP contribution is 2.36. The van der Waals surface area contributed by atoms with Crippen molar-refractivity contribution in [3.8, 4) is 0 Å². The van der Waals surface area contributed by atoms with Crippen LogP contribution in [0, 0.1) is 0 Å². The summed E-state index contributed by atoms with van der Waals surface area (Å²) in [6, 6.07) is 8.98. The molecule has 1 heterocycles. The Balaban J connectivity index is 2.23. The van der Waals surface area contributed by atoms with E-state index in [4.69, 9.17) is 10.5 Å². The molecule has 0 amide bonds. The summed E-state index contributed by atoms with van der Waals surface area (Å²) in [5.41, 5.74) is 8.86. The Hall–Kier alpha value is -0.860. The first-order valence-electron chi connectivity index (χ1n) is 6.37. The average molecular weight is 233 g/mol. The Labute approximate surface area is 104 Å². The van der Waals surface area contributed by atoms with Gasteiger partial charge in [-0.05, 0) is 29.5 Å². The first kappa shape index (κ1) is 12.6. The first-order valence-corrected chi connectivity index (χ1v) is 6.37. The molecule has 1 aromatic carbocycles. The van der Waals surface area contributed by atoms with Crippen LogP contribution in [0.25, 0.3) is 0 Å². The molecule has 1 saturated heterocycles. The molecule has 2 rings (SSSR count). The number of hydrogen-bond acceptors (Lipinski definition) is 2. The standard InChI is InChI=1S/C15H23NO/c1-14(2,3)12-4-6-13(7-5-12)15(8-9-16)10-17-11-15/h4-7H,8-11,16H2,1-3H3. The molecule has 0 unspecified atom stereocenters. The molecule has 17 heavy (non-hydrogen) atoms. The minimum absolute atomic E-state index is 0.186. The van der Waals surface area contributed by atoms with Gasteiger partial charge in [-0.3, -0.25) is 0 Å². The van der Waals surface area contributed by atoms with Crippen LogP contribution in [0.5, 0.6) is 0 Å². The highest BCUT2D eigenvalue weighted by Gasteiger charge is 2.39. The molecule has 0 bridgehead atoms. The van der Waals surface area contributed by atoms with E-state index in [0.717, 1.165) is 26.2 Å². The molecule has 1 fully saturated rings. The zero-order valence-electron chi connectivity index (χ0n) is 11.1. The van der Waals surface area contributed by atoms with Crippen LogP contribution in [0.1, 0.15) is 38.3 Å². The van der Waals surface area contributed by atoms with Gasteiger partial charge in [0.2, 0.25) is 0 Å². The van der Waals surface area contributed by atoms with Crippen molar-refractivity contribution in [3.05, 3.63) is 35.4 Å². The maximum atomic E-state index is 5.71. The van der Waals surface area contributed by atoms with Crippen LogP contribution in [0.4, 0.5) is 0 Å². The molecule has 0 aromatic heterocycles. The molecule has 1 aliphatic heterocycles. The second-order valence-electron chi connectivity index (χ2n) is 6.14. The summed E-state index contributed by atoms with van der Waals surface area (Å²) in [4.78, 5) is 0. The van der Waals surface area contributed by atoms with Crippen molar-refractivity contribution in [2.75, 3.05) is 19.8 Å². The third kappa shape index (κ3) is 2.38. The second-order valence-corrected chi connectivity index (χ2v) is 6.14. The quantitative estimate of drug-likeness (QED) is 0.871. The lowest BCUT2D eigenvalue weighted by atomic mass is 9.75. The lowest BCUT2D eigenvalue weighted by Crippen LogP contribution is -2.48. The number of hydrogen-bond donors (Lipinski definition) is 1. The van der Waals surface area contributed by atoms with Gasteiger partial charge in [-0.15, -0.1) is 0 Å². The van der Waals surface area contributed by atoms with Gasteiger partial charge in [-0.2, -0.15) is 0 Å². The molecular weight excluding hydrogens is 210 g/mol.